The molecule has 2 nitrogen and oxygen atoms in total. The average molecular weight is 337 g/mol. The van der Waals surface area contributed by atoms with Gasteiger partial charge in [0.2, 0.25) is 5.91 Å². The van der Waals surface area contributed by atoms with Crippen molar-refractivity contribution in [2.75, 3.05) is 0 Å². The van der Waals surface area contributed by atoms with Gasteiger partial charge in [0.25, 0.3) is 0 Å². The second kappa shape index (κ2) is 6.99. The van der Waals surface area contributed by atoms with Crippen molar-refractivity contribution in [1.82, 2.24) is 4.90 Å². The van der Waals surface area contributed by atoms with Gasteiger partial charge in [0.1, 0.15) is 5.82 Å². The first-order chi connectivity index (χ1) is 12.2. The zero-order valence-electron chi connectivity index (χ0n) is 14.5. The molecule has 0 atom stereocenters. The van der Waals surface area contributed by atoms with Crippen LogP contribution in [-0.2, 0) is 30.6 Å². The number of amides is 1. The molecular formula is C22H24FNO. The molecule has 130 valence electrons. The van der Waals surface area contributed by atoms with Crippen LogP contribution in [0.25, 0.3) is 0 Å². The predicted octanol–water partition coefficient (Wildman–Crippen LogP) is 4.44. The lowest BCUT2D eigenvalue weighted by Crippen LogP contribution is -2.33. The zero-order valence-corrected chi connectivity index (χ0v) is 14.5. The molecule has 3 heteroatoms. The summed E-state index contributed by atoms with van der Waals surface area (Å²) < 4.78 is 13.1. The molecule has 0 spiro atoms. The van der Waals surface area contributed by atoms with E-state index < -0.39 is 0 Å². The number of carbonyl (C=O) groups excluding carboxylic acids is 1. The van der Waals surface area contributed by atoms with Gasteiger partial charge in [-0.1, -0.05) is 30.3 Å². The molecule has 2 aromatic rings. The molecule has 1 amide bonds. The van der Waals surface area contributed by atoms with E-state index in [2.05, 4.69) is 18.2 Å². The maximum Gasteiger partial charge on any atom is 0.227 e. The fraction of sp³-hybridized carbons (Fsp3) is 0.409. The molecule has 4 rings (SSSR count). The molecule has 0 unspecified atom stereocenters. The van der Waals surface area contributed by atoms with Crippen molar-refractivity contribution in [3.05, 3.63) is 70.5 Å². The molecule has 2 aliphatic rings. The molecule has 0 N–H and O–H groups in total. The van der Waals surface area contributed by atoms with Gasteiger partial charge >= 0.3 is 0 Å². The molecule has 0 saturated heterocycles. The molecular weight excluding hydrogens is 313 g/mol. The molecule has 0 aromatic heterocycles. The topological polar surface area (TPSA) is 20.3 Å². The Kier molecular flexibility index (Phi) is 4.56. The van der Waals surface area contributed by atoms with Gasteiger partial charge in [-0.2, -0.15) is 0 Å². The normalized spacial score (nSPS) is 16.4. The van der Waals surface area contributed by atoms with Gasteiger partial charge in [-0.15, -0.1) is 0 Å². The number of fused-ring (bicyclic) bond motifs is 1. The Morgan fingerprint density at radius 2 is 1.64 bits per heavy atom. The third-order valence-electron chi connectivity index (χ3n) is 5.34. The minimum Gasteiger partial charge on any atom is -0.335 e. The van der Waals surface area contributed by atoms with Crippen LogP contribution in [0.4, 0.5) is 4.39 Å². The van der Waals surface area contributed by atoms with Gasteiger partial charge in [-0.25, -0.2) is 4.39 Å². The van der Waals surface area contributed by atoms with Crippen LogP contribution in [0.2, 0.25) is 0 Å². The van der Waals surface area contributed by atoms with Crippen LogP contribution in [-0.4, -0.2) is 16.8 Å². The first-order valence-electron chi connectivity index (χ1n) is 9.33. The summed E-state index contributed by atoms with van der Waals surface area (Å²) in [6.07, 6.45) is 7.46. The van der Waals surface area contributed by atoms with E-state index in [9.17, 15) is 9.18 Å². The van der Waals surface area contributed by atoms with Gasteiger partial charge in [-0.3, -0.25) is 4.79 Å². The summed E-state index contributed by atoms with van der Waals surface area (Å²) in [7, 11) is 0. The number of benzene rings is 2. The van der Waals surface area contributed by atoms with Crippen molar-refractivity contribution >= 4 is 5.91 Å². The van der Waals surface area contributed by atoms with Crippen LogP contribution >= 0.6 is 0 Å². The Morgan fingerprint density at radius 1 is 0.960 bits per heavy atom. The molecule has 0 heterocycles. The number of rotatable bonds is 5. The van der Waals surface area contributed by atoms with E-state index in [1.54, 1.807) is 12.1 Å². The van der Waals surface area contributed by atoms with Crippen LogP contribution in [0.15, 0.2) is 42.5 Å². The van der Waals surface area contributed by atoms with E-state index in [-0.39, 0.29) is 11.7 Å². The van der Waals surface area contributed by atoms with Gasteiger partial charge in [-0.05, 0) is 72.9 Å². The summed E-state index contributed by atoms with van der Waals surface area (Å²) in [4.78, 5) is 14.9. The van der Waals surface area contributed by atoms with Crippen molar-refractivity contribution < 1.29 is 9.18 Å². The number of hydrogen-bond acceptors (Lipinski definition) is 1. The highest BCUT2D eigenvalue weighted by Gasteiger charge is 2.32. The Labute approximate surface area is 148 Å². The third kappa shape index (κ3) is 3.92. The van der Waals surface area contributed by atoms with E-state index in [1.165, 1.54) is 42.5 Å². The number of aryl methyl sites for hydroxylation is 2. The van der Waals surface area contributed by atoms with Crippen LogP contribution < -0.4 is 0 Å². The van der Waals surface area contributed by atoms with Crippen LogP contribution in [0, 0.1) is 5.82 Å². The largest absolute Gasteiger partial charge is 0.335 e. The fourth-order valence-electron chi connectivity index (χ4n) is 3.77. The number of halogens is 1. The molecule has 1 fully saturated rings. The van der Waals surface area contributed by atoms with E-state index in [1.807, 2.05) is 4.90 Å². The highest BCUT2D eigenvalue weighted by molar-refractivity contribution is 5.79. The number of hydrogen-bond donors (Lipinski definition) is 0. The van der Waals surface area contributed by atoms with E-state index in [0.717, 1.165) is 30.4 Å². The summed E-state index contributed by atoms with van der Waals surface area (Å²) in [5.74, 6) is -0.0512. The summed E-state index contributed by atoms with van der Waals surface area (Å²) in [5.41, 5.74) is 4.99. The van der Waals surface area contributed by atoms with Crippen molar-refractivity contribution in [2.45, 2.75) is 57.5 Å². The molecule has 0 radical (unpaired) electrons. The van der Waals surface area contributed by atoms with Crippen LogP contribution in [0.1, 0.15) is 47.9 Å². The van der Waals surface area contributed by atoms with Gasteiger partial charge in [0.15, 0.2) is 0 Å². The molecule has 2 aromatic carbocycles. The molecule has 2 aliphatic carbocycles. The lowest BCUT2D eigenvalue weighted by atomic mass is 9.90. The second-order valence-electron chi connectivity index (χ2n) is 7.37. The molecule has 0 bridgehead atoms. The van der Waals surface area contributed by atoms with E-state index in [4.69, 9.17) is 0 Å². The number of nitrogens with zero attached hydrogens (tertiary/aromatic N) is 1. The standard InChI is InChI=1S/C22H24FNO/c23-20-9-6-16(7-10-20)15-24(21-11-12-21)22(25)14-17-5-8-18-3-1-2-4-19(18)13-17/h5-10,13,21H,1-4,11-12,14-15H2. The average Bonchev–Trinajstić information content (AvgIpc) is 3.46. The smallest absolute Gasteiger partial charge is 0.227 e. The fourth-order valence-corrected chi connectivity index (χ4v) is 3.77. The van der Waals surface area contributed by atoms with Crippen molar-refractivity contribution in [3.8, 4) is 0 Å². The van der Waals surface area contributed by atoms with Crippen LogP contribution in [0.3, 0.4) is 0 Å². The zero-order chi connectivity index (χ0) is 17.2. The summed E-state index contributed by atoms with van der Waals surface area (Å²) >= 11 is 0. The Balaban J connectivity index is 1.46. The highest BCUT2D eigenvalue weighted by Crippen LogP contribution is 2.29. The first-order valence-corrected chi connectivity index (χ1v) is 9.33. The first kappa shape index (κ1) is 16.3. The quantitative estimate of drug-likeness (QED) is 0.790. The summed E-state index contributed by atoms with van der Waals surface area (Å²) in [6.45, 7) is 0.578. The monoisotopic (exact) mass is 337 g/mol. The summed E-state index contributed by atoms with van der Waals surface area (Å²) in [6, 6.07) is 13.4. The molecule has 1 saturated carbocycles. The van der Waals surface area contributed by atoms with Crippen molar-refractivity contribution in [2.24, 2.45) is 0 Å². The van der Waals surface area contributed by atoms with E-state index >= 15 is 0 Å². The Hall–Kier alpha value is -2.16. The van der Waals surface area contributed by atoms with Crippen molar-refractivity contribution in [1.29, 1.82) is 0 Å². The lowest BCUT2D eigenvalue weighted by Gasteiger charge is -2.23. The lowest BCUT2D eigenvalue weighted by molar-refractivity contribution is -0.131. The number of carbonyl (C=O) groups is 1. The minimum absolute atomic E-state index is 0.183. The van der Waals surface area contributed by atoms with Crippen molar-refractivity contribution in [3.63, 3.8) is 0 Å². The SMILES string of the molecule is O=C(Cc1ccc2c(c1)CCCC2)N(Cc1ccc(F)cc1)C1CC1. The van der Waals surface area contributed by atoms with Gasteiger partial charge < -0.3 is 4.90 Å². The van der Waals surface area contributed by atoms with E-state index in [0.29, 0.717) is 19.0 Å². The maximum absolute atomic E-state index is 13.1. The highest BCUT2D eigenvalue weighted by atomic mass is 19.1. The third-order valence-corrected chi connectivity index (χ3v) is 5.34. The second-order valence-corrected chi connectivity index (χ2v) is 7.37. The molecule has 0 aliphatic heterocycles. The van der Waals surface area contributed by atoms with Crippen LogP contribution in [0.5, 0.6) is 0 Å². The molecule has 25 heavy (non-hydrogen) atoms. The maximum atomic E-state index is 13.1. The Morgan fingerprint density at radius 3 is 2.36 bits per heavy atom. The Bertz CT molecular complexity index is 764. The van der Waals surface area contributed by atoms with Gasteiger partial charge in [0.05, 0.1) is 6.42 Å². The minimum atomic E-state index is -0.234. The summed E-state index contributed by atoms with van der Waals surface area (Å²) in [5, 5.41) is 0. The van der Waals surface area contributed by atoms with Gasteiger partial charge in [0, 0.05) is 12.6 Å². The predicted molar refractivity (Wildman–Crippen MR) is 96.8 cm³/mol.